The van der Waals surface area contributed by atoms with Crippen LogP contribution in [0.3, 0.4) is 0 Å². The predicted octanol–water partition coefficient (Wildman–Crippen LogP) is 4.29. The summed E-state index contributed by atoms with van der Waals surface area (Å²) in [5.74, 6) is -0.128. The Kier molecular flexibility index (Phi) is 3.45. The number of aromatic nitrogens is 2. The molecule has 0 atom stereocenters. The zero-order valence-electron chi connectivity index (χ0n) is 13.8. The molecule has 0 bridgehead atoms. The predicted molar refractivity (Wildman–Crippen MR) is 95.2 cm³/mol. The Hall–Kier alpha value is -2.88. The molecule has 0 unspecified atom stereocenters. The minimum absolute atomic E-state index is 0.128. The van der Waals surface area contributed by atoms with Crippen molar-refractivity contribution in [2.24, 2.45) is 0 Å². The summed E-state index contributed by atoms with van der Waals surface area (Å²) in [6, 6.07) is 16.5. The Balaban J connectivity index is 1.60. The van der Waals surface area contributed by atoms with Gasteiger partial charge in [0, 0.05) is 17.9 Å². The van der Waals surface area contributed by atoms with Crippen LogP contribution in [0.5, 0.6) is 0 Å². The summed E-state index contributed by atoms with van der Waals surface area (Å²) in [5.41, 5.74) is 6.55. The number of hydrogen-bond acceptors (Lipinski definition) is 2. The number of benzene rings is 2. The second kappa shape index (κ2) is 5.64. The van der Waals surface area contributed by atoms with E-state index in [9.17, 15) is 4.79 Å². The monoisotopic (exact) mass is 317 g/mol. The SMILES string of the molecule is CC(C)n1nccc1C(=O)Nc1ccc2c(c1)Cc1ccccc1-2. The van der Waals surface area contributed by atoms with Crippen LogP contribution in [0.15, 0.2) is 54.7 Å². The standard InChI is InChI=1S/C20H19N3O/c1-13(2)23-19(9-10-21-23)20(24)22-16-7-8-18-15(12-16)11-14-5-3-4-6-17(14)18/h3-10,12-13H,11H2,1-2H3,(H,22,24). The molecule has 1 aromatic heterocycles. The smallest absolute Gasteiger partial charge is 0.273 e. The number of hydrogen-bond donors (Lipinski definition) is 1. The third kappa shape index (κ3) is 2.40. The van der Waals surface area contributed by atoms with Gasteiger partial charge in [-0.25, -0.2) is 0 Å². The van der Waals surface area contributed by atoms with Crippen molar-refractivity contribution in [1.82, 2.24) is 9.78 Å². The molecular formula is C20H19N3O. The Labute approximate surface area is 141 Å². The van der Waals surface area contributed by atoms with Crippen LogP contribution in [0.2, 0.25) is 0 Å². The summed E-state index contributed by atoms with van der Waals surface area (Å²) in [6.45, 7) is 4.02. The van der Waals surface area contributed by atoms with Crippen molar-refractivity contribution in [3.05, 3.63) is 71.5 Å². The molecule has 3 aromatic rings. The van der Waals surface area contributed by atoms with Gasteiger partial charge in [0.25, 0.3) is 5.91 Å². The first-order valence-corrected chi connectivity index (χ1v) is 8.19. The second-order valence-electron chi connectivity index (χ2n) is 6.41. The zero-order valence-corrected chi connectivity index (χ0v) is 13.8. The quantitative estimate of drug-likeness (QED) is 0.613. The van der Waals surface area contributed by atoms with Crippen LogP contribution in [0, 0.1) is 0 Å². The van der Waals surface area contributed by atoms with Gasteiger partial charge in [-0.1, -0.05) is 30.3 Å². The topological polar surface area (TPSA) is 46.9 Å². The lowest BCUT2D eigenvalue weighted by molar-refractivity contribution is 0.101. The minimum Gasteiger partial charge on any atom is -0.321 e. The third-order valence-corrected chi connectivity index (χ3v) is 4.44. The molecule has 120 valence electrons. The van der Waals surface area contributed by atoms with Gasteiger partial charge in [-0.15, -0.1) is 0 Å². The fourth-order valence-corrected chi connectivity index (χ4v) is 3.32. The first-order chi connectivity index (χ1) is 11.6. The molecule has 2 aromatic carbocycles. The lowest BCUT2D eigenvalue weighted by Gasteiger charge is -2.12. The lowest BCUT2D eigenvalue weighted by atomic mass is 10.1. The minimum atomic E-state index is -0.128. The van der Waals surface area contributed by atoms with Gasteiger partial charge in [-0.2, -0.15) is 5.10 Å². The van der Waals surface area contributed by atoms with E-state index in [0.717, 1.165) is 12.1 Å². The highest BCUT2D eigenvalue weighted by molar-refractivity contribution is 6.03. The number of carbonyl (C=O) groups excluding carboxylic acids is 1. The van der Waals surface area contributed by atoms with Gasteiger partial charge in [0.1, 0.15) is 5.69 Å². The van der Waals surface area contributed by atoms with E-state index in [1.165, 1.54) is 22.3 Å². The van der Waals surface area contributed by atoms with Gasteiger partial charge in [-0.3, -0.25) is 9.48 Å². The fraction of sp³-hybridized carbons (Fsp3) is 0.200. The van der Waals surface area contributed by atoms with Crippen LogP contribution in [0.4, 0.5) is 5.69 Å². The third-order valence-electron chi connectivity index (χ3n) is 4.44. The number of nitrogens with zero attached hydrogens (tertiary/aromatic N) is 2. The van der Waals surface area contributed by atoms with Crippen molar-refractivity contribution in [1.29, 1.82) is 0 Å². The van der Waals surface area contributed by atoms with E-state index in [-0.39, 0.29) is 11.9 Å². The molecule has 1 heterocycles. The van der Waals surface area contributed by atoms with Gasteiger partial charge < -0.3 is 5.32 Å². The largest absolute Gasteiger partial charge is 0.321 e. The Morgan fingerprint density at radius 3 is 2.71 bits per heavy atom. The molecule has 0 saturated heterocycles. The molecule has 0 spiro atoms. The van der Waals surface area contributed by atoms with E-state index in [2.05, 4.69) is 46.8 Å². The first kappa shape index (κ1) is 14.7. The van der Waals surface area contributed by atoms with E-state index < -0.39 is 0 Å². The van der Waals surface area contributed by atoms with E-state index >= 15 is 0 Å². The van der Waals surface area contributed by atoms with E-state index in [0.29, 0.717) is 5.69 Å². The van der Waals surface area contributed by atoms with Gasteiger partial charge in [0.15, 0.2) is 0 Å². The summed E-state index contributed by atoms with van der Waals surface area (Å²) in [6.07, 6.45) is 2.58. The fourth-order valence-electron chi connectivity index (χ4n) is 3.32. The molecule has 0 fully saturated rings. The number of anilines is 1. The second-order valence-corrected chi connectivity index (χ2v) is 6.41. The molecule has 1 aliphatic carbocycles. The van der Waals surface area contributed by atoms with E-state index in [4.69, 9.17) is 0 Å². The molecule has 4 heteroatoms. The van der Waals surface area contributed by atoms with Gasteiger partial charge >= 0.3 is 0 Å². The van der Waals surface area contributed by atoms with E-state index in [1.54, 1.807) is 16.9 Å². The van der Waals surface area contributed by atoms with Gasteiger partial charge in [0.05, 0.1) is 0 Å². The van der Waals surface area contributed by atoms with Crippen LogP contribution < -0.4 is 5.32 Å². The Morgan fingerprint density at radius 2 is 1.88 bits per heavy atom. The number of nitrogens with one attached hydrogen (secondary N) is 1. The highest BCUT2D eigenvalue weighted by Gasteiger charge is 2.19. The first-order valence-electron chi connectivity index (χ1n) is 8.19. The number of amides is 1. The highest BCUT2D eigenvalue weighted by Crippen LogP contribution is 2.37. The zero-order chi connectivity index (χ0) is 16.7. The number of rotatable bonds is 3. The van der Waals surface area contributed by atoms with Gasteiger partial charge in [0.2, 0.25) is 0 Å². The molecule has 1 N–H and O–H groups in total. The summed E-state index contributed by atoms with van der Waals surface area (Å²) in [4.78, 5) is 12.5. The maximum atomic E-state index is 12.5. The summed E-state index contributed by atoms with van der Waals surface area (Å²) >= 11 is 0. The van der Waals surface area contributed by atoms with Crippen LogP contribution in [-0.4, -0.2) is 15.7 Å². The number of carbonyl (C=O) groups is 1. The summed E-state index contributed by atoms with van der Waals surface area (Å²) < 4.78 is 1.73. The van der Waals surface area contributed by atoms with Crippen molar-refractivity contribution in [3.63, 3.8) is 0 Å². The molecule has 0 saturated carbocycles. The molecule has 24 heavy (non-hydrogen) atoms. The molecule has 1 amide bonds. The normalized spacial score (nSPS) is 12.1. The van der Waals surface area contributed by atoms with Crippen LogP contribution in [0.1, 0.15) is 41.5 Å². The van der Waals surface area contributed by atoms with E-state index in [1.807, 2.05) is 19.9 Å². The van der Waals surface area contributed by atoms with Crippen LogP contribution in [0.25, 0.3) is 11.1 Å². The van der Waals surface area contributed by atoms with Crippen molar-refractivity contribution >= 4 is 11.6 Å². The Morgan fingerprint density at radius 1 is 1.08 bits per heavy atom. The Bertz CT molecular complexity index is 924. The van der Waals surface area contributed by atoms with Crippen LogP contribution >= 0.6 is 0 Å². The molecule has 0 radical (unpaired) electrons. The lowest BCUT2D eigenvalue weighted by Crippen LogP contribution is -2.19. The summed E-state index contributed by atoms with van der Waals surface area (Å²) in [7, 11) is 0. The van der Waals surface area contributed by atoms with Crippen LogP contribution in [-0.2, 0) is 6.42 Å². The van der Waals surface area contributed by atoms with Crippen molar-refractivity contribution in [3.8, 4) is 11.1 Å². The van der Waals surface area contributed by atoms with Crippen molar-refractivity contribution < 1.29 is 4.79 Å². The van der Waals surface area contributed by atoms with Crippen molar-refractivity contribution in [2.75, 3.05) is 5.32 Å². The average Bonchev–Trinajstić information content (AvgIpc) is 3.19. The maximum absolute atomic E-state index is 12.5. The maximum Gasteiger partial charge on any atom is 0.273 e. The average molecular weight is 317 g/mol. The molecule has 1 aliphatic rings. The number of fused-ring (bicyclic) bond motifs is 3. The molecular weight excluding hydrogens is 298 g/mol. The van der Waals surface area contributed by atoms with Crippen molar-refractivity contribution in [2.45, 2.75) is 26.3 Å². The summed E-state index contributed by atoms with van der Waals surface area (Å²) in [5, 5.41) is 7.22. The van der Waals surface area contributed by atoms with Gasteiger partial charge in [-0.05, 0) is 60.7 Å². The molecule has 4 nitrogen and oxygen atoms in total. The highest BCUT2D eigenvalue weighted by atomic mass is 16.2. The molecule has 4 rings (SSSR count). The molecule has 0 aliphatic heterocycles.